The van der Waals surface area contributed by atoms with Crippen LogP contribution in [0, 0.1) is 0 Å². The van der Waals surface area contributed by atoms with Crippen LogP contribution in [0.25, 0.3) is 11.3 Å². The van der Waals surface area contributed by atoms with Crippen molar-refractivity contribution in [2.45, 2.75) is 26.2 Å². The molecule has 7 heteroatoms. The van der Waals surface area contributed by atoms with Gasteiger partial charge in [-0.25, -0.2) is 4.98 Å². The van der Waals surface area contributed by atoms with E-state index in [0.29, 0.717) is 23.7 Å². The highest BCUT2D eigenvalue weighted by Crippen LogP contribution is 2.30. The van der Waals surface area contributed by atoms with Crippen LogP contribution in [0.5, 0.6) is 5.75 Å². The second-order valence-corrected chi connectivity index (χ2v) is 7.64. The fraction of sp³-hybridized carbons (Fsp3) is 0.227. The van der Waals surface area contributed by atoms with Crippen LogP contribution in [0.2, 0.25) is 0 Å². The third kappa shape index (κ3) is 4.46. The minimum atomic E-state index is -0.207. The predicted molar refractivity (Wildman–Crippen MR) is 115 cm³/mol. The van der Waals surface area contributed by atoms with Crippen LogP contribution in [0.1, 0.15) is 35.7 Å². The molecule has 0 aliphatic carbocycles. The highest BCUT2D eigenvalue weighted by atomic mass is 32.1. The quantitative estimate of drug-likeness (QED) is 0.619. The largest absolute Gasteiger partial charge is 0.494 e. The molecule has 1 aliphatic heterocycles. The van der Waals surface area contributed by atoms with Gasteiger partial charge < -0.3 is 10.1 Å². The maximum absolute atomic E-state index is 12.5. The van der Waals surface area contributed by atoms with E-state index in [0.717, 1.165) is 41.1 Å². The van der Waals surface area contributed by atoms with E-state index in [1.54, 1.807) is 24.3 Å². The third-order valence-electron chi connectivity index (χ3n) is 4.61. The Hall–Kier alpha value is -3.19. The lowest BCUT2D eigenvalue weighted by molar-refractivity contribution is -0.116. The molecule has 6 nitrogen and oxygen atoms in total. The van der Waals surface area contributed by atoms with Crippen LogP contribution in [0.4, 0.5) is 10.8 Å². The number of hydrogen-bond donors (Lipinski definition) is 2. The minimum Gasteiger partial charge on any atom is -0.494 e. The van der Waals surface area contributed by atoms with E-state index in [9.17, 15) is 9.59 Å². The van der Waals surface area contributed by atoms with Crippen molar-refractivity contribution in [3.05, 3.63) is 59.0 Å². The molecule has 2 amide bonds. The van der Waals surface area contributed by atoms with E-state index in [1.165, 1.54) is 11.3 Å². The van der Waals surface area contributed by atoms with Gasteiger partial charge in [-0.15, -0.1) is 11.3 Å². The molecule has 0 atom stereocenters. The molecule has 2 N–H and O–H groups in total. The number of anilines is 2. The number of benzene rings is 2. The molecule has 0 saturated heterocycles. The van der Waals surface area contributed by atoms with Crippen molar-refractivity contribution in [1.82, 2.24) is 4.98 Å². The van der Waals surface area contributed by atoms with Gasteiger partial charge in [-0.3, -0.25) is 14.9 Å². The van der Waals surface area contributed by atoms with E-state index in [2.05, 4.69) is 15.6 Å². The third-order valence-corrected chi connectivity index (χ3v) is 5.37. The maximum atomic E-state index is 12.5. The van der Waals surface area contributed by atoms with Gasteiger partial charge in [-0.05, 0) is 54.8 Å². The van der Waals surface area contributed by atoms with E-state index in [1.807, 2.05) is 30.5 Å². The smallest absolute Gasteiger partial charge is 0.257 e. The fourth-order valence-corrected chi connectivity index (χ4v) is 3.81. The van der Waals surface area contributed by atoms with Crippen LogP contribution in [0.15, 0.2) is 47.8 Å². The molecule has 1 aromatic heterocycles. The number of rotatable bonds is 6. The zero-order valence-electron chi connectivity index (χ0n) is 16.0. The number of fused-ring (bicyclic) bond motifs is 1. The Balaban J connectivity index is 1.44. The number of aryl methyl sites for hydroxylation is 1. The summed E-state index contributed by atoms with van der Waals surface area (Å²) in [5, 5.41) is 8.19. The van der Waals surface area contributed by atoms with Crippen LogP contribution in [-0.4, -0.2) is 23.4 Å². The molecular weight excluding hydrogens is 386 g/mol. The highest BCUT2D eigenvalue weighted by molar-refractivity contribution is 7.14. The molecule has 1 aliphatic rings. The van der Waals surface area contributed by atoms with Gasteiger partial charge in [0.05, 0.1) is 12.3 Å². The SMILES string of the molecule is CCCOc1ccc(C(=O)Nc2nc(-c3ccc4c(c3)CCC(=O)N4)cs2)cc1. The Morgan fingerprint density at radius 1 is 1.21 bits per heavy atom. The highest BCUT2D eigenvalue weighted by Gasteiger charge is 2.16. The van der Waals surface area contributed by atoms with Gasteiger partial charge in [-0.2, -0.15) is 0 Å². The molecule has 3 aromatic rings. The molecule has 0 saturated carbocycles. The Bertz CT molecular complexity index is 1040. The predicted octanol–water partition coefficient (Wildman–Crippen LogP) is 4.74. The van der Waals surface area contributed by atoms with E-state index in [4.69, 9.17) is 4.74 Å². The van der Waals surface area contributed by atoms with Gasteiger partial charge in [-0.1, -0.05) is 13.0 Å². The lowest BCUT2D eigenvalue weighted by atomic mass is 9.99. The summed E-state index contributed by atoms with van der Waals surface area (Å²) >= 11 is 1.38. The Labute approximate surface area is 172 Å². The first-order valence-electron chi connectivity index (χ1n) is 9.55. The topological polar surface area (TPSA) is 80.3 Å². The summed E-state index contributed by atoms with van der Waals surface area (Å²) in [7, 11) is 0. The number of hydrogen-bond acceptors (Lipinski definition) is 5. The molecule has 29 heavy (non-hydrogen) atoms. The lowest BCUT2D eigenvalue weighted by Gasteiger charge is -2.17. The van der Waals surface area contributed by atoms with Gasteiger partial charge in [0.2, 0.25) is 5.91 Å². The van der Waals surface area contributed by atoms with Crippen LogP contribution in [0.3, 0.4) is 0 Å². The number of carbonyl (C=O) groups excluding carboxylic acids is 2. The fourth-order valence-electron chi connectivity index (χ4n) is 3.10. The number of nitrogens with zero attached hydrogens (tertiary/aromatic N) is 1. The van der Waals surface area contributed by atoms with Crippen molar-refractivity contribution in [3.63, 3.8) is 0 Å². The Morgan fingerprint density at radius 2 is 2.03 bits per heavy atom. The van der Waals surface area contributed by atoms with Crippen molar-refractivity contribution in [2.24, 2.45) is 0 Å². The molecule has 148 valence electrons. The molecular formula is C22H21N3O3S. The summed E-state index contributed by atoms with van der Waals surface area (Å²) in [6, 6.07) is 13.0. The summed E-state index contributed by atoms with van der Waals surface area (Å²) < 4.78 is 5.54. The Kier molecular flexibility index (Phi) is 5.57. The molecule has 2 heterocycles. The molecule has 0 spiro atoms. The maximum Gasteiger partial charge on any atom is 0.257 e. The molecule has 0 fully saturated rings. The number of amides is 2. The van der Waals surface area contributed by atoms with Crippen LogP contribution in [-0.2, 0) is 11.2 Å². The van der Waals surface area contributed by atoms with E-state index >= 15 is 0 Å². The number of ether oxygens (including phenoxy) is 1. The van der Waals surface area contributed by atoms with Crippen molar-refractivity contribution in [2.75, 3.05) is 17.2 Å². The average Bonchev–Trinajstić information content (AvgIpc) is 3.20. The molecule has 0 bridgehead atoms. The van der Waals surface area contributed by atoms with Gasteiger partial charge in [0.1, 0.15) is 5.75 Å². The average molecular weight is 407 g/mol. The zero-order chi connectivity index (χ0) is 20.2. The standard InChI is InChI=1S/C22H21N3O3S/c1-2-11-28-17-7-3-14(4-8-17)21(27)25-22-24-19(13-29-22)16-5-9-18-15(12-16)6-10-20(26)23-18/h3-5,7-9,12-13H,2,6,10-11H2,1H3,(H,23,26)(H,24,25,27). The number of thiazole rings is 1. The van der Waals surface area contributed by atoms with Crippen molar-refractivity contribution < 1.29 is 14.3 Å². The minimum absolute atomic E-state index is 0.0499. The first-order valence-corrected chi connectivity index (χ1v) is 10.4. The summed E-state index contributed by atoms with van der Waals surface area (Å²) in [6.07, 6.45) is 2.16. The molecule has 0 unspecified atom stereocenters. The first kappa shape index (κ1) is 19.1. The second kappa shape index (κ2) is 8.45. The second-order valence-electron chi connectivity index (χ2n) is 6.78. The first-order chi connectivity index (χ1) is 14.1. The monoisotopic (exact) mass is 407 g/mol. The number of aromatic nitrogens is 1. The van der Waals surface area contributed by atoms with Crippen molar-refractivity contribution in [1.29, 1.82) is 0 Å². The van der Waals surface area contributed by atoms with Crippen molar-refractivity contribution >= 4 is 34.0 Å². The van der Waals surface area contributed by atoms with Gasteiger partial charge in [0.15, 0.2) is 5.13 Å². The number of nitrogens with one attached hydrogen (secondary N) is 2. The van der Waals surface area contributed by atoms with E-state index in [-0.39, 0.29) is 11.8 Å². The summed E-state index contributed by atoms with van der Waals surface area (Å²) in [5.74, 6) is 0.596. The van der Waals surface area contributed by atoms with E-state index < -0.39 is 0 Å². The van der Waals surface area contributed by atoms with Crippen LogP contribution >= 0.6 is 11.3 Å². The number of carbonyl (C=O) groups is 2. The lowest BCUT2D eigenvalue weighted by Crippen LogP contribution is -2.18. The summed E-state index contributed by atoms with van der Waals surface area (Å²) in [4.78, 5) is 28.5. The van der Waals surface area contributed by atoms with Gasteiger partial charge in [0.25, 0.3) is 5.91 Å². The molecule has 0 radical (unpaired) electrons. The van der Waals surface area contributed by atoms with Crippen LogP contribution < -0.4 is 15.4 Å². The van der Waals surface area contributed by atoms with Gasteiger partial charge in [0, 0.05) is 28.6 Å². The molecule has 2 aromatic carbocycles. The zero-order valence-corrected chi connectivity index (χ0v) is 16.8. The molecule has 4 rings (SSSR count). The Morgan fingerprint density at radius 3 is 2.83 bits per heavy atom. The summed E-state index contributed by atoms with van der Waals surface area (Å²) in [5.41, 5.74) is 4.28. The van der Waals surface area contributed by atoms with Crippen molar-refractivity contribution in [3.8, 4) is 17.0 Å². The normalized spacial score (nSPS) is 12.8. The van der Waals surface area contributed by atoms with Gasteiger partial charge >= 0.3 is 0 Å². The summed E-state index contributed by atoms with van der Waals surface area (Å²) in [6.45, 7) is 2.70.